The summed E-state index contributed by atoms with van der Waals surface area (Å²) in [4.78, 5) is 11.8. The van der Waals surface area contributed by atoms with Crippen LogP contribution in [0.2, 0.25) is 0 Å². The zero-order valence-corrected chi connectivity index (χ0v) is 10.3. The summed E-state index contributed by atoms with van der Waals surface area (Å²) in [6.45, 7) is 3.63. The van der Waals surface area contributed by atoms with Crippen molar-refractivity contribution >= 4 is 5.78 Å². The molecule has 16 heavy (non-hydrogen) atoms. The van der Waals surface area contributed by atoms with Crippen LogP contribution in [0.3, 0.4) is 0 Å². The number of rotatable bonds is 6. The van der Waals surface area contributed by atoms with Crippen molar-refractivity contribution in [3.63, 3.8) is 0 Å². The summed E-state index contributed by atoms with van der Waals surface area (Å²) in [5.41, 5.74) is 0.641. The van der Waals surface area contributed by atoms with Crippen molar-refractivity contribution in [1.82, 2.24) is 0 Å². The van der Waals surface area contributed by atoms with Crippen LogP contribution in [0, 0.1) is 0 Å². The molecular weight excluding hydrogens is 200 g/mol. The van der Waals surface area contributed by atoms with Crippen LogP contribution in [0.4, 0.5) is 0 Å². The molecule has 0 heterocycles. The Labute approximate surface area is 97.6 Å². The van der Waals surface area contributed by atoms with Crippen LogP contribution in [-0.4, -0.2) is 18.5 Å². The number of carbonyl (C=O) groups is 1. The van der Waals surface area contributed by atoms with Gasteiger partial charge in [0.1, 0.15) is 5.60 Å². The first-order valence-corrected chi connectivity index (χ1v) is 5.68. The van der Waals surface area contributed by atoms with E-state index in [1.807, 2.05) is 32.0 Å². The van der Waals surface area contributed by atoms with Crippen LogP contribution >= 0.6 is 0 Å². The van der Waals surface area contributed by atoms with E-state index in [9.17, 15) is 4.79 Å². The Balaban J connectivity index is 2.34. The third-order valence-electron chi connectivity index (χ3n) is 2.89. The molecule has 0 fully saturated rings. The average Bonchev–Trinajstić information content (AvgIpc) is 2.30. The van der Waals surface area contributed by atoms with Gasteiger partial charge in [0, 0.05) is 13.5 Å². The van der Waals surface area contributed by atoms with E-state index < -0.39 is 5.60 Å². The van der Waals surface area contributed by atoms with Gasteiger partial charge in [-0.05, 0) is 32.3 Å². The predicted octanol–water partition coefficient (Wildman–Crippen LogP) is 3.00. The van der Waals surface area contributed by atoms with Crippen molar-refractivity contribution in [1.29, 1.82) is 0 Å². The van der Waals surface area contributed by atoms with E-state index in [1.54, 1.807) is 7.11 Å². The number of benzene rings is 1. The first-order valence-electron chi connectivity index (χ1n) is 5.68. The third kappa shape index (κ3) is 3.78. The smallest absolute Gasteiger partial charge is 0.164 e. The second kappa shape index (κ2) is 5.80. The molecule has 0 aromatic heterocycles. The number of aryl methyl sites for hydroxylation is 1. The molecule has 1 aromatic rings. The molecule has 0 saturated carbocycles. The molecule has 0 radical (unpaired) electrons. The van der Waals surface area contributed by atoms with E-state index in [2.05, 4.69) is 12.1 Å². The van der Waals surface area contributed by atoms with Crippen molar-refractivity contribution in [2.45, 2.75) is 38.7 Å². The van der Waals surface area contributed by atoms with Gasteiger partial charge in [-0.15, -0.1) is 0 Å². The van der Waals surface area contributed by atoms with Gasteiger partial charge in [-0.25, -0.2) is 0 Å². The molecule has 0 aliphatic carbocycles. The summed E-state index contributed by atoms with van der Waals surface area (Å²) in [7, 11) is 1.58. The zero-order valence-electron chi connectivity index (χ0n) is 10.3. The lowest BCUT2D eigenvalue weighted by molar-refractivity contribution is -0.137. The van der Waals surface area contributed by atoms with Crippen molar-refractivity contribution in [3.8, 4) is 0 Å². The fourth-order valence-corrected chi connectivity index (χ4v) is 1.51. The molecule has 1 aromatic carbocycles. The number of ether oxygens (including phenoxy) is 1. The standard InChI is InChI=1S/C14H20O2/c1-14(2,16-3)13(15)11-7-10-12-8-5-4-6-9-12/h4-6,8-9H,7,10-11H2,1-3H3. The van der Waals surface area contributed by atoms with Crippen LogP contribution in [0.25, 0.3) is 0 Å². The first-order chi connectivity index (χ1) is 7.56. The highest BCUT2D eigenvalue weighted by molar-refractivity contribution is 5.86. The molecule has 0 amide bonds. The third-order valence-corrected chi connectivity index (χ3v) is 2.89. The Morgan fingerprint density at radius 2 is 1.88 bits per heavy atom. The van der Waals surface area contributed by atoms with Crippen molar-refractivity contribution in [2.75, 3.05) is 7.11 Å². The fourth-order valence-electron chi connectivity index (χ4n) is 1.51. The Morgan fingerprint density at radius 3 is 2.44 bits per heavy atom. The average molecular weight is 220 g/mol. The molecule has 0 aliphatic rings. The van der Waals surface area contributed by atoms with Crippen LogP contribution < -0.4 is 0 Å². The maximum Gasteiger partial charge on any atom is 0.164 e. The Hall–Kier alpha value is -1.15. The minimum atomic E-state index is -0.642. The molecule has 0 unspecified atom stereocenters. The largest absolute Gasteiger partial charge is 0.371 e. The van der Waals surface area contributed by atoms with E-state index in [1.165, 1.54) is 5.56 Å². The van der Waals surface area contributed by atoms with E-state index in [4.69, 9.17) is 4.74 Å². The van der Waals surface area contributed by atoms with Gasteiger partial charge >= 0.3 is 0 Å². The topological polar surface area (TPSA) is 26.3 Å². The van der Waals surface area contributed by atoms with Crippen LogP contribution in [-0.2, 0) is 16.0 Å². The van der Waals surface area contributed by atoms with Crippen molar-refractivity contribution in [3.05, 3.63) is 35.9 Å². The monoisotopic (exact) mass is 220 g/mol. The summed E-state index contributed by atoms with van der Waals surface area (Å²) < 4.78 is 5.15. The van der Waals surface area contributed by atoms with Gasteiger partial charge < -0.3 is 4.74 Å². The van der Waals surface area contributed by atoms with Crippen LogP contribution in [0.5, 0.6) is 0 Å². The molecule has 0 aliphatic heterocycles. The fraction of sp³-hybridized carbons (Fsp3) is 0.500. The van der Waals surface area contributed by atoms with Gasteiger partial charge in [0.15, 0.2) is 5.78 Å². The molecule has 88 valence electrons. The summed E-state index contributed by atoms with van der Waals surface area (Å²) in [5.74, 6) is 0.172. The van der Waals surface area contributed by atoms with Gasteiger partial charge in [-0.2, -0.15) is 0 Å². The van der Waals surface area contributed by atoms with Gasteiger partial charge in [0.05, 0.1) is 0 Å². The molecule has 0 saturated heterocycles. The molecule has 2 heteroatoms. The number of ketones is 1. The Bertz CT molecular complexity index is 328. The number of Topliss-reactive ketones (excluding diaryl/α,β-unsaturated/α-hetero) is 1. The normalized spacial score (nSPS) is 11.4. The summed E-state index contributed by atoms with van der Waals surface area (Å²) in [5, 5.41) is 0. The number of carbonyl (C=O) groups excluding carboxylic acids is 1. The molecule has 0 spiro atoms. The summed E-state index contributed by atoms with van der Waals surface area (Å²) in [6, 6.07) is 10.2. The highest BCUT2D eigenvalue weighted by Gasteiger charge is 2.25. The van der Waals surface area contributed by atoms with Crippen LogP contribution in [0.1, 0.15) is 32.3 Å². The Kier molecular flexibility index (Phi) is 4.69. The minimum Gasteiger partial charge on any atom is -0.371 e. The van der Waals surface area contributed by atoms with Crippen LogP contribution in [0.15, 0.2) is 30.3 Å². The van der Waals surface area contributed by atoms with Gasteiger partial charge in [0.25, 0.3) is 0 Å². The minimum absolute atomic E-state index is 0.172. The van der Waals surface area contributed by atoms with E-state index in [-0.39, 0.29) is 5.78 Å². The molecule has 0 atom stereocenters. The predicted molar refractivity (Wildman–Crippen MR) is 65.5 cm³/mol. The second-order valence-corrected chi connectivity index (χ2v) is 4.48. The second-order valence-electron chi connectivity index (χ2n) is 4.48. The highest BCUT2D eigenvalue weighted by Crippen LogP contribution is 2.14. The maximum absolute atomic E-state index is 11.8. The quantitative estimate of drug-likeness (QED) is 0.736. The molecule has 0 bridgehead atoms. The Morgan fingerprint density at radius 1 is 1.25 bits per heavy atom. The van der Waals surface area contributed by atoms with E-state index >= 15 is 0 Å². The lowest BCUT2D eigenvalue weighted by atomic mass is 9.97. The maximum atomic E-state index is 11.8. The summed E-state index contributed by atoms with van der Waals surface area (Å²) >= 11 is 0. The highest BCUT2D eigenvalue weighted by atomic mass is 16.5. The lowest BCUT2D eigenvalue weighted by Crippen LogP contribution is -2.33. The van der Waals surface area contributed by atoms with Gasteiger partial charge in [0.2, 0.25) is 0 Å². The van der Waals surface area contributed by atoms with Crippen molar-refractivity contribution in [2.24, 2.45) is 0 Å². The van der Waals surface area contributed by atoms with Gasteiger partial charge in [-0.3, -0.25) is 4.79 Å². The molecular formula is C14H20O2. The first kappa shape index (κ1) is 12.9. The zero-order chi connectivity index (χ0) is 12.0. The van der Waals surface area contributed by atoms with E-state index in [0.29, 0.717) is 6.42 Å². The SMILES string of the molecule is COC(C)(C)C(=O)CCCc1ccccc1. The molecule has 1 rings (SSSR count). The molecule has 0 N–H and O–H groups in total. The van der Waals surface area contributed by atoms with Crippen molar-refractivity contribution < 1.29 is 9.53 Å². The molecule has 2 nitrogen and oxygen atoms in total. The summed E-state index contributed by atoms with van der Waals surface area (Å²) in [6.07, 6.45) is 2.41. The number of hydrogen-bond donors (Lipinski definition) is 0. The van der Waals surface area contributed by atoms with E-state index in [0.717, 1.165) is 12.8 Å². The lowest BCUT2D eigenvalue weighted by Gasteiger charge is -2.20. The van der Waals surface area contributed by atoms with Gasteiger partial charge in [-0.1, -0.05) is 30.3 Å². The number of methoxy groups -OCH3 is 1. The number of hydrogen-bond acceptors (Lipinski definition) is 2.